The molecule has 0 heterocycles. The molecule has 1 aliphatic rings. The molecule has 14 heavy (non-hydrogen) atoms. The van der Waals surface area contributed by atoms with Crippen LogP contribution in [0.1, 0.15) is 19.3 Å². The SMILES string of the molecule is COC(=O)C1=CCC(C=O)(CF)CC1. The van der Waals surface area contributed by atoms with Crippen LogP contribution in [0.15, 0.2) is 11.6 Å². The number of esters is 1. The molecular formula is C10H13FO3. The van der Waals surface area contributed by atoms with Crippen LogP contribution < -0.4 is 0 Å². The lowest BCUT2D eigenvalue weighted by molar-refractivity contribution is -0.136. The van der Waals surface area contributed by atoms with Gasteiger partial charge in [-0.2, -0.15) is 0 Å². The summed E-state index contributed by atoms with van der Waals surface area (Å²) in [5.41, 5.74) is -0.365. The van der Waals surface area contributed by atoms with E-state index in [0.717, 1.165) is 0 Å². The van der Waals surface area contributed by atoms with Crippen LogP contribution in [-0.2, 0) is 14.3 Å². The van der Waals surface area contributed by atoms with E-state index >= 15 is 0 Å². The number of allylic oxidation sites excluding steroid dienone is 1. The largest absolute Gasteiger partial charge is 0.466 e. The van der Waals surface area contributed by atoms with Crippen LogP contribution in [-0.4, -0.2) is 26.0 Å². The summed E-state index contributed by atoms with van der Waals surface area (Å²) in [7, 11) is 1.31. The van der Waals surface area contributed by atoms with E-state index in [1.807, 2.05) is 0 Å². The fourth-order valence-corrected chi connectivity index (χ4v) is 1.49. The van der Waals surface area contributed by atoms with Crippen LogP contribution in [0.2, 0.25) is 0 Å². The second-order valence-corrected chi connectivity index (χ2v) is 3.54. The van der Waals surface area contributed by atoms with Gasteiger partial charge >= 0.3 is 5.97 Å². The van der Waals surface area contributed by atoms with E-state index < -0.39 is 12.1 Å². The minimum Gasteiger partial charge on any atom is -0.466 e. The molecule has 0 spiro atoms. The molecule has 1 unspecified atom stereocenters. The van der Waals surface area contributed by atoms with Crippen molar-refractivity contribution in [3.8, 4) is 0 Å². The number of rotatable bonds is 3. The average Bonchev–Trinajstić information content (AvgIpc) is 2.28. The van der Waals surface area contributed by atoms with Gasteiger partial charge in [0.2, 0.25) is 0 Å². The monoisotopic (exact) mass is 200 g/mol. The number of hydrogen-bond acceptors (Lipinski definition) is 3. The van der Waals surface area contributed by atoms with Gasteiger partial charge in [-0.25, -0.2) is 4.79 Å². The number of hydrogen-bond donors (Lipinski definition) is 0. The molecule has 78 valence electrons. The predicted molar refractivity (Wildman–Crippen MR) is 48.4 cm³/mol. The van der Waals surface area contributed by atoms with Crippen molar-refractivity contribution >= 4 is 12.3 Å². The molecule has 0 aliphatic heterocycles. The van der Waals surface area contributed by atoms with Gasteiger partial charge in [0.05, 0.1) is 12.5 Å². The van der Waals surface area contributed by atoms with Gasteiger partial charge < -0.3 is 9.53 Å². The highest BCUT2D eigenvalue weighted by Gasteiger charge is 2.33. The van der Waals surface area contributed by atoms with Crippen molar-refractivity contribution in [2.24, 2.45) is 5.41 Å². The first-order valence-electron chi connectivity index (χ1n) is 4.47. The first-order chi connectivity index (χ1) is 6.67. The molecule has 0 N–H and O–H groups in total. The smallest absolute Gasteiger partial charge is 0.333 e. The minimum absolute atomic E-state index is 0.289. The molecule has 0 aromatic heterocycles. The Bertz CT molecular complexity index is 273. The van der Waals surface area contributed by atoms with E-state index in [4.69, 9.17) is 0 Å². The summed E-state index contributed by atoms with van der Waals surface area (Å²) in [6.45, 7) is -0.665. The fraction of sp³-hybridized carbons (Fsp3) is 0.600. The molecule has 3 nitrogen and oxygen atoms in total. The number of carbonyl (C=O) groups excluding carboxylic acids is 2. The number of methoxy groups -OCH3 is 1. The van der Waals surface area contributed by atoms with Crippen LogP contribution in [0.5, 0.6) is 0 Å². The molecule has 1 atom stereocenters. The zero-order valence-electron chi connectivity index (χ0n) is 8.09. The van der Waals surface area contributed by atoms with Gasteiger partial charge in [-0.05, 0) is 19.3 Å². The minimum atomic E-state index is -0.905. The Morgan fingerprint density at radius 2 is 2.50 bits per heavy atom. The molecule has 0 saturated heterocycles. The van der Waals surface area contributed by atoms with Gasteiger partial charge in [-0.3, -0.25) is 4.39 Å². The summed E-state index contributed by atoms with van der Waals surface area (Å²) in [5, 5.41) is 0. The van der Waals surface area contributed by atoms with Gasteiger partial charge in [0.1, 0.15) is 13.0 Å². The Balaban J connectivity index is 2.71. The maximum Gasteiger partial charge on any atom is 0.333 e. The predicted octanol–water partition coefficient (Wildman–Crippen LogP) is 1.42. The van der Waals surface area contributed by atoms with Crippen molar-refractivity contribution in [1.82, 2.24) is 0 Å². The Labute approximate surface area is 81.9 Å². The number of halogens is 1. The molecule has 0 saturated carbocycles. The van der Waals surface area contributed by atoms with Crippen molar-refractivity contribution in [2.45, 2.75) is 19.3 Å². The van der Waals surface area contributed by atoms with Crippen molar-refractivity contribution in [2.75, 3.05) is 13.8 Å². The molecule has 0 bridgehead atoms. The molecule has 0 fully saturated rings. The van der Waals surface area contributed by atoms with Crippen LogP contribution >= 0.6 is 0 Å². The highest BCUT2D eigenvalue weighted by molar-refractivity contribution is 5.88. The van der Waals surface area contributed by atoms with E-state index in [0.29, 0.717) is 24.7 Å². The normalized spacial score (nSPS) is 26.6. The van der Waals surface area contributed by atoms with Gasteiger partial charge in [0, 0.05) is 5.57 Å². The van der Waals surface area contributed by atoms with Gasteiger partial charge in [0.25, 0.3) is 0 Å². The summed E-state index contributed by atoms with van der Waals surface area (Å²) in [4.78, 5) is 21.8. The van der Waals surface area contributed by atoms with E-state index in [9.17, 15) is 14.0 Å². The number of carbonyl (C=O) groups is 2. The first-order valence-corrected chi connectivity index (χ1v) is 4.47. The van der Waals surface area contributed by atoms with Crippen molar-refractivity contribution in [1.29, 1.82) is 0 Å². The fourth-order valence-electron chi connectivity index (χ4n) is 1.49. The molecule has 0 aromatic rings. The number of alkyl halides is 1. The van der Waals surface area contributed by atoms with E-state index in [2.05, 4.69) is 4.74 Å². The zero-order chi connectivity index (χ0) is 10.6. The average molecular weight is 200 g/mol. The summed E-state index contributed by atoms with van der Waals surface area (Å²) in [6.07, 6.45) is 3.33. The Kier molecular flexibility index (Phi) is 3.38. The molecule has 0 aromatic carbocycles. The maximum absolute atomic E-state index is 12.6. The van der Waals surface area contributed by atoms with E-state index in [1.165, 1.54) is 7.11 Å². The maximum atomic E-state index is 12.6. The summed E-state index contributed by atoms with van der Waals surface area (Å²) < 4.78 is 17.1. The number of ether oxygens (including phenoxy) is 1. The summed E-state index contributed by atoms with van der Waals surface area (Å²) in [5.74, 6) is -0.386. The first kappa shape index (κ1) is 10.9. The highest BCUT2D eigenvalue weighted by Crippen LogP contribution is 2.34. The van der Waals surface area contributed by atoms with Crippen LogP contribution in [0.4, 0.5) is 4.39 Å². The lowest BCUT2D eigenvalue weighted by Crippen LogP contribution is -2.28. The topological polar surface area (TPSA) is 43.4 Å². The van der Waals surface area contributed by atoms with Crippen LogP contribution in [0.25, 0.3) is 0 Å². The van der Waals surface area contributed by atoms with Crippen molar-refractivity contribution in [3.05, 3.63) is 11.6 Å². The lowest BCUT2D eigenvalue weighted by atomic mass is 9.77. The summed E-state index contributed by atoms with van der Waals surface area (Å²) >= 11 is 0. The standard InChI is InChI=1S/C10H13FO3/c1-14-9(13)8-2-4-10(6-11,7-12)5-3-8/h2,7H,3-6H2,1H3. The van der Waals surface area contributed by atoms with Gasteiger partial charge in [-0.1, -0.05) is 6.08 Å². The zero-order valence-corrected chi connectivity index (χ0v) is 8.09. The molecule has 0 amide bonds. The second-order valence-electron chi connectivity index (χ2n) is 3.54. The Morgan fingerprint density at radius 1 is 1.79 bits per heavy atom. The highest BCUT2D eigenvalue weighted by atomic mass is 19.1. The molecule has 1 rings (SSSR count). The van der Waals surface area contributed by atoms with Crippen molar-refractivity contribution in [3.63, 3.8) is 0 Å². The second kappa shape index (κ2) is 4.35. The number of aldehydes is 1. The molecule has 1 aliphatic carbocycles. The third kappa shape index (κ3) is 2.00. The van der Waals surface area contributed by atoms with Gasteiger partial charge in [0.15, 0.2) is 0 Å². The molecule has 0 radical (unpaired) electrons. The third-order valence-electron chi connectivity index (χ3n) is 2.61. The molecule has 4 heteroatoms. The van der Waals surface area contributed by atoms with Crippen molar-refractivity contribution < 1.29 is 18.7 Å². The lowest BCUT2D eigenvalue weighted by Gasteiger charge is -2.27. The van der Waals surface area contributed by atoms with E-state index in [1.54, 1.807) is 6.08 Å². The quantitative estimate of drug-likeness (QED) is 0.511. The van der Waals surface area contributed by atoms with Crippen LogP contribution in [0, 0.1) is 5.41 Å². The van der Waals surface area contributed by atoms with Gasteiger partial charge in [-0.15, -0.1) is 0 Å². The molecular weight excluding hydrogens is 187 g/mol. The van der Waals surface area contributed by atoms with Crippen LogP contribution in [0.3, 0.4) is 0 Å². The third-order valence-corrected chi connectivity index (χ3v) is 2.61. The van der Waals surface area contributed by atoms with E-state index in [-0.39, 0.29) is 12.4 Å². The Morgan fingerprint density at radius 3 is 2.86 bits per heavy atom. The Hall–Kier alpha value is -1.19. The summed E-state index contributed by atoms with van der Waals surface area (Å²) in [6, 6.07) is 0.